The van der Waals surface area contributed by atoms with Crippen LogP contribution >= 0.6 is 11.6 Å². The van der Waals surface area contributed by atoms with E-state index in [9.17, 15) is 18.8 Å². The molecule has 1 aromatic heterocycles. The van der Waals surface area contributed by atoms with Crippen molar-refractivity contribution in [1.29, 1.82) is 0 Å². The second kappa shape index (κ2) is 8.19. The number of anilines is 1. The molecule has 0 saturated carbocycles. The Hall–Kier alpha value is -3.59. The third kappa shape index (κ3) is 4.14. The van der Waals surface area contributed by atoms with Crippen molar-refractivity contribution in [1.82, 2.24) is 9.55 Å². The molecular weight excluding hydrogens is 405 g/mol. The third-order valence-electron chi connectivity index (χ3n) is 3.99. The molecule has 10 heteroatoms. The van der Waals surface area contributed by atoms with Crippen LogP contribution in [0.2, 0.25) is 5.02 Å². The number of carbonyl (C=O) groups excluding carboxylic acids is 1. The highest BCUT2D eigenvalue weighted by atomic mass is 35.5. The van der Waals surface area contributed by atoms with Crippen molar-refractivity contribution in [2.24, 2.45) is 0 Å². The number of methoxy groups -OCH3 is 2. The van der Waals surface area contributed by atoms with Gasteiger partial charge in [0.2, 0.25) is 0 Å². The number of ether oxygens (including phenoxy) is 2. The van der Waals surface area contributed by atoms with Crippen LogP contribution in [0.25, 0.3) is 5.69 Å². The lowest BCUT2D eigenvalue weighted by Crippen LogP contribution is -2.38. The van der Waals surface area contributed by atoms with Gasteiger partial charge in [0.25, 0.3) is 11.5 Å². The number of halogens is 2. The van der Waals surface area contributed by atoms with Gasteiger partial charge in [0.05, 0.1) is 24.9 Å². The first-order valence-corrected chi connectivity index (χ1v) is 8.56. The van der Waals surface area contributed by atoms with Crippen LogP contribution in [-0.4, -0.2) is 29.7 Å². The Bertz CT molecular complexity index is 1180. The Morgan fingerprint density at radius 1 is 1.10 bits per heavy atom. The number of benzene rings is 2. The van der Waals surface area contributed by atoms with Gasteiger partial charge in [0.1, 0.15) is 22.9 Å². The molecule has 0 aliphatic carbocycles. The van der Waals surface area contributed by atoms with Gasteiger partial charge < -0.3 is 19.8 Å². The highest BCUT2D eigenvalue weighted by Gasteiger charge is 2.17. The fraction of sp³-hybridized carbons (Fsp3) is 0.105. The molecule has 150 valence electrons. The minimum Gasteiger partial charge on any atom is -0.497 e. The quantitative estimate of drug-likeness (QED) is 0.661. The number of nitrogens with zero attached hydrogens (tertiary/aromatic N) is 1. The number of amides is 1. The minimum absolute atomic E-state index is 0.0142. The molecule has 3 aromatic rings. The van der Waals surface area contributed by atoms with Crippen LogP contribution in [0.1, 0.15) is 10.4 Å². The van der Waals surface area contributed by atoms with Crippen molar-refractivity contribution in [2.45, 2.75) is 0 Å². The Balaban J connectivity index is 2.02. The van der Waals surface area contributed by atoms with Crippen LogP contribution < -0.4 is 26.0 Å². The summed E-state index contributed by atoms with van der Waals surface area (Å²) >= 11 is 5.73. The summed E-state index contributed by atoms with van der Waals surface area (Å²) in [6, 6.07) is 8.00. The van der Waals surface area contributed by atoms with Crippen molar-refractivity contribution in [3.05, 3.63) is 79.8 Å². The number of aromatic nitrogens is 2. The highest BCUT2D eigenvalue weighted by molar-refractivity contribution is 6.30. The van der Waals surface area contributed by atoms with Crippen LogP contribution in [0.4, 0.5) is 10.1 Å². The number of H-pyrrole nitrogens is 1. The number of hydrogen-bond acceptors (Lipinski definition) is 5. The van der Waals surface area contributed by atoms with E-state index in [1.165, 1.54) is 32.4 Å². The number of hydrogen-bond donors (Lipinski definition) is 2. The number of nitrogens with one attached hydrogen (secondary N) is 2. The van der Waals surface area contributed by atoms with E-state index in [1.54, 1.807) is 6.07 Å². The molecule has 2 N–H and O–H groups in total. The van der Waals surface area contributed by atoms with E-state index in [4.69, 9.17) is 21.1 Å². The van der Waals surface area contributed by atoms with E-state index in [-0.39, 0.29) is 16.3 Å². The summed E-state index contributed by atoms with van der Waals surface area (Å²) in [6.45, 7) is 0. The fourth-order valence-electron chi connectivity index (χ4n) is 2.57. The molecule has 1 heterocycles. The first-order valence-electron chi connectivity index (χ1n) is 8.18. The normalized spacial score (nSPS) is 10.5. The second-order valence-corrected chi connectivity index (χ2v) is 6.21. The van der Waals surface area contributed by atoms with Gasteiger partial charge in [-0.2, -0.15) is 0 Å². The standard InChI is InChI=1S/C19H15ClFN3O5/c1-28-12-5-10(6-13(8-12)29-2)23-17(25)14-9-22-19(27)24(18(14)26)11-3-4-16(21)15(20)7-11/h3-9H,1-2H3,(H,22,27)(H,23,25). The van der Waals surface area contributed by atoms with Gasteiger partial charge >= 0.3 is 5.69 Å². The largest absolute Gasteiger partial charge is 0.497 e. The summed E-state index contributed by atoms with van der Waals surface area (Å²) in [5, 5.41) is 2.28. The van der Waals surface area contributed by atoms with Crippen LogP contribution in [0.3, 0.4) is 0 Å². The molecule has 0 fully saturated rings. The first kappa shape index (κ1) is 20.2. The molecule has 0 spiro atoms. The Morgan fingerprint density at radius 3 is 2.34 bits per heavy atom. The SMILES string of the molecule is COc1cc(NC(=O)c2c[nH]c(=O)n(-c3ccc(F)c(Cl)c3)c2=O)cc(OC)c1. The minimum atomic E-state index is -0.899. The second-order valence-electron chi connectivity index (χ2n) is 5.80. The summed E-state index contributed by atoms with van der Waals surface area (Å²) < 4.78 is 24.4. The molecule has 2 aromatic carbocycles. The zero-order valence-corrected chi connectivity index (χ0v) is 16.0. The molecule has 0 atom stereocenters. The molecule has 0 bridgehead atoms. The maximum Gasteiger partial charge on any atom is 0.333 e. The molecular formula is C19H15ClFN3O5. The Kier molecular flexibility index (Phi) is 5.69. The summed E-state index contributed by atoms with van der Waals surface area (Å²) in [5.41, 5.74) is -1.72. The molecule has 29 heavy (non-hydrogen) atoms. The molecule has 0 saturated heterocycles. The number of rotatable bonds is 5. The molecule has 0 radical (unpaired) electrons. The lowest BCUT2D eigenvalue weighted by Gasteiger charge is -2.11. The average Bonchev–Trinajstić information content (AvgIpc) is 2.70. The maximum atomic E-state index is 13.4. The number of aromatic amines is 1. The topological polar surface area (TPSA) is 102 Å². The third-order valence-corrected chi connectivity index (χ3v) is 4.28. The predicted octanol–water partition coefficient (Wildman–Crippen LogP) is 2.59. The van der Waals surface area contributed by atoms with Crippen LogP contribution in [0.15, 0.2) is 52.2 Å². The van der Waals surface area contributed by atoms with Crippen LogP contribution in [0.5, 0.6) is 11.5 Å². The van der Waals surface area contributed by atoms with E-state index < -0.39 is 23.0 Å². The smallest absolute Gasteiger partial charge is 0.333 e. The molecule has 0 aliphatic rings. The summed E-state index contributed by atoms with van der Waals surface area (Å²) in [7, 11) is 2.91. The Morgan fingerprint density at radius 2 is 1.76 bits per heavy atom. The Labute approximate surface area is 168 Å². The van der Waals surface area contributed by atoms with Crippen molar-refractivity contribution in [3.8, 4) is 17.2 Å². The van der Waals surface area contributed by atoms with Gasteiger partial charge in [-0.05, 0) is 18.2 Å². The van der Waals surface area contributed by atoms with E-state index in [0.717, 1.165) is 18.3 Å². The lowest BCUT2D eigenvalue weighted by molar-refractivity contribution is 0.102. The molecule has 0 aliphatic heterocycles. The average molecular weight is 420 g/mol. The monoisotopic (exact) mass is 419 g/mol. The predicted molar refractivity (Wildman–Crippen MR) is 105 cm³/mol. The van der Waals surface area contributed by atoms with Gasteiger partial charge in [0, 0.05) is 30.1 Å². The summed E-state index contributed by atoms with van der Waals surface area (Å²) in [5.74, 6) is -0.622. The van der Waals surface area contributed by atoms with Crippen molar-refractivity contribution >= 4 is 23.2 Å². The van der Waals surface area contributed by atoms with E-state index >= 15 is 0 Å². The van der Waals surface area contributed by atoms with E-state index in [0.29, 0.717) is 21.8 Å². The molecule has 1 amide bonds. The highest BCUT2D eigenvalue weighted by Crippen LogP contribution is 2.26. The van der Waals surface area contributed by atoms with E-state index in [2.05, 4.69) is 10.3 Å². The van der Waals surface area contributed by atoms with Gasteiger partial charge in [-0.1, -0.05) is 11.6 Å². The summed E-state index contributed by atoms with van der Waals surface area (Å²) in [6.07, 6.45) is 0.999. The molecule has 8 nitrogen and oxygen atoms in total. The van der Waals surface area contributed by atoms with E-state index in [1.807, 2.05) is 0 Å². The van der Waals surface area contributed by atoms with Crippen molar-refractivity contribution < 1.29 is 18.7 Å². The van der Waals surface area contributed by atoms with Crippen LogP contribution in [0, 0.1) is 5.82 Å². The van der Waals surface area contributed by atoms with Gasteiger partial charge in [-0.15, -0.1) is 0 Å². The summed E-state index contributed by atoms with van der Waals surface area (Å²) in [4.78, 5) is 39.9. The molecule has 3 rings (SSSR count). The van der Waals surface area contributed by atoms with Crippen molar-refractivity contribution in [3.63, 3.8) is 0 Å². The van der Waals surface area contributed by atoms with Gasteiger partial charge in [0.15, 0.2) is 0 Å². The zero-order chi connectivity index (χ0) is 21.1. The first-order chi connectivity index (χ1) is 13.8. The van der Waals surface area contributed by atoms with Crippen molar-refractivity contribution in [2.75, 3.05) is 19.5 Å². The van der Waals surface area contributed by atoms with Crippen LogP contribution in [-0.2, 0) is 0 Å². The maximum absolute atomic E-state index is 13.4. The fourth-order valence-corrected chi connectivity index (χ4v) is 2.75. The zero-order valence-electron chi connectivity index (χ0n) is 15.3. The van der Waals surface area contributed by atoms with Gasteiger partial charge in [-0.25, -0.2) is 13.8 Å². The number of carbonyl (C=O) groups is 1. The van der Waals surface area contributed by atoms with Gasteiger partial charge in [-0.3, -0.25) is 9.59 Å². The lowest BCUT2D eigenvalue weighted by atomic mass is 10.2. The molecule has 0 unspecified atom stereocenters.